The van der Waals surface area contributed by atoms with Crippen molar-refractivity contribution in [1.82, 2.24) is 5.32 Å². The third kappa shape index (κ3) is 7.26. The van der Waals surface area contributed by atoms with Crippen LogP contribution in [0, 0.1) is 39.4 Å². The van der Waals surface area contributed by atoms with Crippen molar-refractivity contribution in [2.24, 2.45) is 39.4 Å². The maximum absolute atomic E-state index is 13.2. The molecule has 4 aliphatic rings. The molecule has 12 heteroatoms. The van der Waals surface area contributed by atoms with Crippen LogP contribution in [0.2, 0.25) is 0 Å². The van der Waals surface area contributed by atoms with Gasteiger partial charge in [-0.05, 0) is 101 Å². The van der Waals surface area contributed by atoms with Gasteiger partial charge < -0.3 is 45.8 Å². The molecule has 0 bridgehead atoms. The van der Waals surface area contributed by atoms with Gasteiger partial charge in [0.25, 0.3) is 0 Å². The highest BCUT2D eigenvalue weighted by atomic mass is 16.6. The number of allylic oxidation sites excluding steroid dienone is 1. The fraction of sp³-hybridized carbons (Fsp3) is 0.868. The molecule has 12 nitrogen and oxygen atoms in total. The lowest BCUT2D eigenvalue weighted by molar-refractivity contribution is -0.198. The van der Waals surface area contributed by atoms with Crippen LogP contribution in [-0.2, 0) is 19.1 Å². The molecule has 0 unspecified atom stereocenters. The molecule has 8 N–H and O–H groups in total. The number of aliphatic carboxylic acids is 1. The van der Waals surface area contributed by atoms with Crippen LogP contribution >= 0.6 is 0 Å². The quantitative estimate of drug-likeness (QED) is 0.103. The summed E-state index contributed by atoms with van der Waals surface area (Å²) in [6.45, 7) is 14.3. The third-order valence-corrected chi connectivity index (χ3v) is 14.0. The van der Waals surface area contributed by atoms with Crippen LogP contribution in [-0.4, -0.2) is 102 Å². The molecule has 2 saturated carbocycles. The van der Waals surface area contributed by atoms with E-state index in [9.17, 15) is 45.0 Å². The number of aliphatic hydroxyl groups is 6. The van der Waals surface area contributed by atoms with Crippen molar-refractivity contribution in [3.63, 3.8) is 0 Å². The molecule has 2 fully saturated rings. The number of hydrogen-bond acceptors (Lipinski definition) is 10. The Morgan fingerprint density at radius 1 is 0.980 bits per heavy atom. The fourth-order valence-corrected chi connectivity index (χ4v) is 11.1. The summed E-state index contributed by atoms with van der Waals surface area (Å²) in [6.07, 6.45) is 0.358. The van der Waals surface area contributed by atoms with Gasteiger partial charge in [0.2, 0.25) is 5.91 Å². The Balaban J connectivity index is 1.55. The number of rotatable bonds is 13. The number of carboxylic acid groups (broad SMARTS) is 1. The summed E-state index contributed by atoms with van der Waals surface area (Å²) in [6, 6.07) is 0. The zero-order valence-electron chi connectivity index (χ0n) is 31.3. The largest absolute Gasteiger partial charge is 0.480 e. The van der Waals surface area contributed by atoms with E-state index in [1.807, 2.05) is 13.8 Å². The highest BCUT2D eigenvalue weighted by molar-refractivity contribution is 5.82. The first-order chi connectivity index (χ1) is 22.8. The van der Waals surface area contributed by atoms with Gasteiger partial charge >= 0.3 is 11.9 Å². The van der Waals surface area contributed by atoms with E-state index < -0.39 is 89.1 Å². The van der Waals surface area contributed by atoms with Gasteiger partial charge in [-0.25, -0.2) is 0 Å². The Morgan fingerprint density at radius 3 is 2.20 bits per heavy atom. The number of carbonyl (C=O) groups excluding carboxylic acids is 2. The number of nitrogens with one attached hydrogen (secondary N) is 1. The number of aliphatic hydroxyl groups excluding tert-OH is 4. The molecule has 11 atom stereocenters. The van der Waals surface area contributed by atoms with Crippen molar-refractivity contribution in [3.8, 4) is 0 Å². The SMILES string of the molecule is CC(C)(O)[C@@H](O)CC[C@@H](CO)[C@H]1CC[C@@]2(C)C3=C(C[C@@H](O)[C@]12C)[C@@]1(C)C[C@@H](O)[C@@H](OC(=O)C[C@@](C)(O)CC(=O)NCC(=O)O)C(C)(C)[C@H]1CC3. The van der Waals surface area contributed by atoms with Gasteiger partial charge in [-0.15, -0.1) is 0 Å². The zero-order chi connectivity index (χ0) is 37.8. The average molecular weight is 710 g/mol. The molecule has 0 aliphatic heterocycles. The Kier molecular flexibility index (Phi) is 11.4. The molecule has 0 radical (unpaired) electrons. The summed E-state index contributed by atoms with van der Waals surface area (Å²) in [4.78, 5) is 36.0. The monoisotopic (exact) mass is 709 g/mol. The van der Waals surface area contributed by atoms with E-state index in [2.05, 4.69) is 26.1 Å². The molecule has 0 saturated heterocycles. The maximum atomic E-state index is 13.2. The van der Waals surface area contributed by atoms with Crippen LogP contribution in [0.4, 0.5) is 0 Å². The predicted molar refractivity (Wildman–Crippen MR) is 184 cm³/mol. The Morgan fingerprint density at radius 2 is 1.62 bits per heavy atom. The van der Waals surface area contributed by atoms with Gasteiger partial charge in [0, 0.05) is 17.4 Å². The molecule has 50 heavy (non-hydrogen) atoms. The summed E-state index contributed by atoms with van der Waals surface area (Å²) in [5.74, 6) is -2.84. The molecule has 0 aromatic heterocycles. The second-order valence-corrected chi connectivity index (χ2v) is 18.2. The van der Waals surface area contributed by atoms with Crippen LogP contribution in [0.1, 0.15) is 120 Å². The van der Waals surface area contributed by atoms with Crippen LogP contribution in [0.15, 0.2) is 11.1 Å². The van der Waals surface area contributed by atoms with Gasteiger partial charge in [-0.1, -0.05) is 45.8 Å². The number of fused-ring (bicyclic) bond motifs is 4. The van der Waals surface area contributed by atoms with Crippen LogP contribution in [0.5, 0.6) is 0 Å². The van der Waals surface area contributed by atoms with Gasteiger partial charge in [-0.3, -0.25) is 14.4 Å². The van der Waals surface area contributed by atoms with E-state index in [0.29, 0.717) is 25.7 Å². The molecule has 0 aromatic carbocycles. The molecule has 286 valence electrons. The van der Waals surface area contributed by atoms with Crippen LogP contribution < -0.4 is 5.32 Å². The van der Waals surface area contributed by atoms with Crippen LogP contribution in [0.25, 0.3) is 0 Å². The lowest BCUT2D eigenvalue weighted by atomic mass is 9.42. The average Bonchev–Trinajstić information content (AvgIpc) is 3.26. The van der Waals surface area contributed by atoms with Crippen molar-refractivity contribution in [2.45, 2.75) is 155 Å². The van der Waals surface area contributed by atoms with E-state index in [1.165, 1.54) is 18.1 Å². The first-order valence-electron chi connectivity index (χ1n) is 18.4. The number of carbonyl (C=O) groups is 3. The summed E-state index contributed by atoms with van der Waals surface area (Å²) in [7, 11) is 0. The highest BCUT2D eigenvalue weighted by Crippen LogP contribution is 2.72. The lowest BCUT2D eigenvalue weighted by Gasteiger charge is -2.64. The van der Waals surface area contributed by atoms with Crippen LogP contribution in [0.3, 0.4) is 0 Å². The molecule has 4 rings (SSSR count). The standard InChI is InChI=1S/C38H63NO11/c1-33(2)26-11-10-23-24(15-28(43)38(8)22(13-14-37(23,38)7)21(20-40)9-12-27(42)34(3,4)48)36(26,6)16-25(41)32(33)50-31(47)18-35(5,49)17-29(44)39-19-30(45)46/h21-22,25-28,32,40-43,48-49H,9-20H2,1-8H3,(H,39,44)(H,45,46)/t21-,22+,25+,26+,27-,28+,32+,35-,36+,37-,38-/m0/s1. The number of ether oxygens (including phenoxy) is 1. The minimum atomic E-state index is -1.79. The van der Waals surface area contributed by atoms with Gasteiger partial charge in [0.15, 0.2) is 0 Å². The Labute approximate surface area is 296 Å². The zero-order valence-corrected chi connectivity index (χ0v) is 31.3. The Bertz CT molecular complexity index is 1340. The van der Waals surface area contributed by atoms with Crippen molar-refractivity contribution >= 4 is 17.8 Å². The number of carboxylic acids is 1. The first-order valence-corrected chi connectivity index (χ1v) is 18.4. The van der Waals surface area contributed by atoms with E-state index in [1.54, 1.807) is 13.8 Å². The lowest BCUT2D eigenvalue weighted by Crippen LogP contribution is -2.62. The van der Waals surface area contributed by atoms with Gasteiger partial charge in [0.05, 0.1) is 42.4 Å². The molecular weight excluding hydrogens is 646 g/mol. The normalized spacial score (nSPS) is 37.4. The second-order valence-electron chi connectivity index (χ2n) is 18.2. The third-order valence-electron chi connectivity index (χ3n) is 14.0. The van der Waals surface area contributed by atoms with E-state index in [-0.39, 0.29) is 29.8 Å². The number of hydrogen-bond donors (Lipinski definition) is 8. The minimum absolute atomic E-state index is 0.00290. The van der Waals surface area contributed by atoms with Crippen molar-refractivity contribution in [2.75, 3.05) is 13.2 Å². The minimum Gasteiger partial charge on any atom is -0.480 e. The van der Waals surface area contributed by atoms with E-state index in [0.717, 1.165) is 25.7 Å². The molecule has 0 heterocycles. The maximum Gasteiger partial charge on any atom is 0.322 e. The molecular formula is C38H63NO11. The molecule has 1 amide bonds. The summed E-state index contributed by atoms with van der Waals surface area (Å²) < 4.78 is 5.91. The first kappa shape index (κ1) is 40.7. The van der Waals surface area contributed by atoms with Crippen molar-refractivity contribution in [1.29, 1.82) is 0 Å². The smallest absolute Gasteiger partial charge is 0.322 e. The predicted octanol–water partition coefficient (Wildman–Crippen LogP) is 2.84. The van der Waals surface area contributed by atoms with Gasteiger partial charge in [-0.2, -0.15) is 0 Å². The van der Waals surface area contributed by atoms with E-state index in [4.69, 9.17) is 9.84 Å². The summed E-state index contributed by atoms with van der Waals surface area (Å²) in [5, 5.41) is 76.9. The fourth-order valence-electron chi connectivity index (χ4n) is 11.1. The number of esters is 1. The molecule has 4 aliphatic carbocycles. The Hall–Kier alpha value is -2.09. The number of amides is 1. The summed E-state index contributed by atoms with van der Waals surface area (Å²) >= 11 is 0. The highest BCUT2D eigenvalue weighted by Gasteiger charge is 2.67. The topological polar surface area (TPSA) is 214 Å². The van der Waals surface area contributed by atoms with E-state index >= 15 is 0 Å². The van der Waals surface area contributed by atoms with Crippen molar-refractivity contribution in [3.05, 3.63) is 11.1 Å². The second kappa shape index (κ2) is 14.0. The molecule has 0 aromatic rings. The molecule has 0 spiro atoms. The van der Waals surface area contributed by atoms with Crippen molar-refractivity contribution < 1.29 is 54.9 Å². The van der Waals surface area contributed by atoms with Gasteiger partial charge in [0.1, 0.15) is 12.6 Å². The summed E-state index contributed by atoms with van der Waals surface area (Å²) in [5.41, 5.74) is -2.56.